The largest absolute Gasteiger partial charge is 0.411 e. The Bertz CT molecular complexity index is 696. The maximum Gasteiger partial charge on any atom is 0.411 e. The van der Waals surface area contributed by atoms with E-state index < -0.39 is 36.7 Å². The van der Waals surface area contributed by atoms with Crippen LogP contribution < -0.4 is 0 Å². The Morgan fingerprint density at radius 2 is 1.71 bits per heavy atom. The van der Waals surface area contributed by atoms with Crippen molar-refractivity contribution in [1.29, 1.82) is 0 Å². The van der Waals surface area contributed by atoms with Crippen molar-refractivity contribution in [2.45, 2.75) is 82.5 Å². The number of aliphatic hydroxyl groups is 2. The van der Waals surface area contributed by atoms with E-state index >= 15 is 0 Å². The van der Waals surface area contributed by atoms with Crippen molar-refractivity contribution in [2.75, 3.05) is 13.2 Å². The van der Waals surface area contributed by atoms with E-state index in [1.54, 1.807) is 0 Å². The molecule has 7 heteroatoms. The van der Waals surface area contributed by atoms with Crippen molar-refractivity contribution in [3.05, 3.63) is 34.4 Å². The Hall–Kier alpha value is -1.15. The summed E-state index contributed by atoms with van der Waals surface area (Å²) in [7, 11) is 0. The summed E-state index contributed by atoms with van der Waals surface area (Å²) in [5.74, 6) is -0.364. The van der Waals surface area contributed by atoms with Crippen molar-refractivity contribution >= 4 is 0 Å². The molecular weight excluding hydrogens is 373 g/mol. The molecule has 1 heterocycles. The normalized spacial score (nSPS) is 33.6. The predicted molar refractivity (Wildman–Crippen MR) is 98.4 cm³/mol. The van der Waals surface area contributed by atoms with Crippen LogP contribution >= 0.6 is 0 Å². The lowest BCUT2D eigenvalue weighted by Gasteiger charge is -2.39. The summed E-state index contributed by atoms with van der Waals surface area (Å²) in [6.45, 7) is 4.55. The van der Waals surface area contributed by atoms with Crippen molar-refractivity contribution in [1.82, 2.24) is 0 Å². The van der Waals surface area contributed by atoms with Crippen LogP contribution in [0.15, 0.2) is 12.1 Å². The molecule has 0 bridgehead atoms. The van der Waals surface area contributed by atoms with Gasteiger partial charge < -0.3 is 19.7 Å². The molecule has 3 unspecified atom stereocenters. The van der Waals surface area contributed by atoms with E-state index in [2.05, 4.69) is 6.07 Å². The topological polar surface area (TPSA) is 58.9 Å². The third-order valence-corrected chi connectivity index (χ3v) is 6.35. The van der Waals surface area contributed by atoms with E-state index in [4.69, 9.17) is 9.47 Å². The van der Waals surface area contributed by atoms with Crippen molar-refractivity contribution in [3.63, 3.8) is 0 Å². The molecule has 2 fully saturated rings. The van der Waals surface area contributed by atoms with Gasteiger partial charge in [-0.1, -0.05) is 12.1 Å². The first-order chi connectivity index (χ1) is 13.1. The minimum Gasteiger partial charge on any atom is -0.394 e. The molecule has 0 radical (unpaired) electrons. The first-order valence-electron chi connectivity index (χ1n) is 9.79. The number of hydrogen-bond acceptors (Lipinski definition) is 4. The number of hydrogen-bond donors (Lipinski definition) is 2. The molecule has 158 valence electrons. The zero-order valence-corrected chi connectivity index (χ0v) is 16.6. The standard InChI is InChI=1S/C21H29F3O4/c1-12-8-14(3)16(9-13(12)2)18-17(10-25)28-20(19(18)26)6-4-15(5-7-20)27-11-21(22,23)24/h8-9,15,17-19,25-26H,4-7,10-11H2,1-3H3. The van der Waals surface area contributed by atoms with Gasteiger partial charge in [-0.25, -0.2) is 0 Å². The summed E-state index contributed by atoms with van der Waals surface area (Å²) >= 11 is 0. The van der Waals surface area contributed by atoms with Crippen LogP contribution in [0.1, 0.15) is 53.9 Å². The molecule has 1 aliphatic carbocycles. The molecular formula is C21H29F3O4. The number of benzene rings is 1. The molecule has 1 aromatic rings. The van der Waals surface area contributed by atoms with Gasteiger partial charge in [-0.05, 0) is 68.7 Å². The van der Waals surface area contributed by atoms with Gasteiger partial charge in [-0.2, -0.15) is 13.2 Å². The Labute approximate surface area is 163 Å². The molecule has 2 N–H and O–H groups in total. The molecule has 1 aromatic carbocycles. The third-order valence-electron chi connectivity index (χ3n) is 6.35. The summed E-state index contributed by atoms with van der Waals surface area (Å²) in [4.78, 5) is 0. The summed E-state index contributed by atoms with van der Waals surface area (Å²) in [5, 5.41) is 21.1. The Morgan fingerprint density at radius 3 is 2.29 bits per heavy atom. The van der Waals surface area contributed by atoms with E-state index in [1.165, 1.54) is 0 Å². The maximum atomic E-state index is 12.4. The quantitative estimate of drug-likeness (QED) is 0.806. The molecule has 1 spiro atoms. The predicted octanol–water partition coefficient (Wildman–Crippen LogP) is 3.71. The minimum atomic E-state index is -4.34. The van der Waals surface area contributed by atoms with Crippen molar-refractivity contribution in [2.24, 2.45) is 0 Å². The second kappa shape index (κ2) is 7.94. The van der Waals surface area contributed by atoms with Crippen LogP contribution in [0.25, 0.3) is 0 Å². The smallest absolute Gasteiger partial charge is 0.394 e. The second-order valence-corrected chi connectivity index (χ2v) is 8.29. The zero-order chi connectivity index (χ0) is 20.7. The highest BCUT2D eigenvalue weighted by molar-refractivity contribution is 5.40. The fourth-order valence-corrected chi connectivity index (χ4v) is 4.71. The number of rotatable bonds is 4. The van der Waals surface area contributed by atoms with Gasteiger partial charge in [0.05, 0.1) is 30.5 Å². The fourth-order valence-electron chi connectivity index (χ4n) is 4.71. The first-order valence-corrected chi connectivity index (χ1v) is 9.79. The lowest BCUT2D eigenvalue weighted by molar-refractivity contribution is -0.196. The average molecular weight is 402 g/mol. The molecule has 1 saturated carbocycles. The van der Waals surface area contributed by atoms with Crippen LogP contribution in [-0.4, -0.2) is 53.5 Å². The fraction of sp³-hybridized carbons (Fsp3) is 0.714. The Morgan fingerprint density at radius 1 is 1.11 bits per heavy atom. The van der Waals surface area contributed by atoms with Crippen LogP contribution in [0.4, 0.5) is 13.2 Å². The van der Waals surface area contributed by atoms with E-state index in [0.29, 0.717) is 25.7 Å². The molecule has 0 aromatic heterocycles. The monoisotopic (exact) mass is 402 g/mol. The van der Waals surface area contributed by atoms with Gasteiger partial charge in [0.25, 0.3) is 0 Å². The molecule has 3 rings (SSSR count). The maximum absolute atomic E-state index is 12.4. The highest BCUT2D eigenvalue weighted by Crippen LogP contribution is 2.49. The molecule has 1 saturated heterocycles. The van der Waals surface area contributed by atoms with Gasteiger partial charge in [0.15, 0.2) is 0 Å². The van der Waals surface area contributed by atoms with Gasteiger partial charge >= 0.3 is 6.18 Å². The van der Waals surface area contributed by atoms with Gasteiger partial charge in [0.2, 0.25) is 0 Å². The second-order valence-electron chi connectivity index (χ2n) is 8.29. The van der Waals surface area contributed by atoms with Crippen LogP contribution in [0.2, 0.25) is 0 Å². The first kappa shape index (κ1) is 21.6. The van der Waals surface area contributed by atoms with E-state index in [-0.39, 0.29) is 12.5 Å². The Kier molecular flexibility index (Phi) is 6.11. The third kappa shape index (κ3) is 4.22. The van der Waals surface area contributed by atoms with Crippen LogP contribution in [0.3, 0.4) is 0 Å². The van der Waals surface area contributed by atoms with Gasteiger partial charge in [-0.3, -0.25) is 0 Å². The highest BCUT2D eigenvalue weighted by atomic mass is 19.4. The van der Waals surface area contributed by atoms with Gasteiger partial charge in [-0.15, -0.1) is 0 Å². The summed E-state index contributed by atoms with van der Waals surface area (Å²) < 4.78 is 48.3. The van der Waals surface area contributed by atoms with Crippen molar-refractivity contribution < 1.29 is 32.9 Å². The lowest BCUT2D eigenvalue weighted by atomic mass is 9.74. The zero-order valence-electron chi connectivity index (χ0n) is 16.6. The van der Waals surface area contributed by atoms with Crippen molar-refractivity contribution in [3.8, 4) is 0 Å². The molecule has 4 nitrogen and oxygen atoms in total. The average Bonchev–Trinajstić information content (AvgIpc) is 2.89. The number of alkyl halides is 3. The van der Waals surface area contributed by atoms with Crippen LogP contribution in [-0.2, 0) is 9.47 Å². The van der Waals surface area contributed by atoms with E-state index in [9.17, 15) is 23.4 Å². The number of aryl methyl sites for hydroxylation is 3. The van der Waals surface area contributed by atoms with E-state index in [0.717, 1.165) is 22.3 Å². The number of aliphatic hydroxyl groups excluding tert-OH is 2. The minimum absolute atomic E-state index is 0.218. The van der Waals surface area contributed by atoms with Gasteiger partial charge in [0.1, 0.15) is 6.61 Å². The lowest BCUT2D eigenvalue weighted by Crippen LogP contribution is -2.45. The SMILES string of the molecule is Cc1cc(C)c(C2C(CO)OC3(CCC(OCC(F)(F)F)CC3)C2O)cc1C. The molecule has 28 heavy (non-hydrogen) atoms. The molecule has 3 atom stereocenters. The number of ether oxygens (including phenoxy) is 2. The molecule has 1 aliphatic heterocycles. The molecule has 2 aliphatic rings. The highest BCUT2D eigenvalue weighted by Gasteiger charge is 2.55. The summed E-state index contributed by atoms with van der Waals surface area (Å²) in [6, 6.07) is 4.11. The Balaban J connectivity index is 1.76. The van der Waals surface area contributed by atoms with E-state index in [1.807, 2.05) is 26.8 Å². The van der Waals surface area contributed by atoms with Crippen LogP contribution in [0.5, 0.6) is 0 Å². The summed E-state index contributed by atoms with van der Waals surface area (Å²) in [5.41, 5.74) is 3.42. The molecule has 0 amide bonds. The van der Waals surface area contributed by atoms with Crippen LogP contribution in [0, 0.1) is 20.8 Å². The number of halogens is 3. The summed E-state index contributed by atoms with van der Waals surface area (Å²) in [6.07, 6.45) is -4.59. The van der Waals surface area contributed by atoms with Gasteiger partial charge in [0, 0.05) is 5.92 Å².